The SMILES string of the molecule is O=C(NCC1CCN(CC(O)c2ccccc2)CC1)c1ccc[nH]1. The molecule has 3 N–H and O–H groups in total. The van der Waals surface area contributed by atoms with E-state index >= 15 is 0 Å². The quantitative estimate of drug-likeness (QED) is 0.762. The van der Waals surface area contributed by atoms with Gasteiger partial charge < -0.3 is 20.3 Å². The minimum Gasteiger partial charge on any atom is -0.387 e. The number of carbonyl (C=O) groups is 1. The number of amides is 1. The molecule has 0 spiro atoms. The topological polar surface area (TPSA) is 68.4 Å². The Morgan fingerprint density at radius 1 is 1.21 bits per heavy atom. The van der Waals surface area contributed by atoms with Crippen LogP contribution in [-0.2, 0) is 0 Å². The normalized spacial score (nSPS) is 17.5. The molecular weight excluding hydrogens is 302 g/mol. The van der Waals surface area contributed by atoms with E-state index < -0.39 is 6.10 Å². The van der Waals surface area contributed by atoms with Gasteiger partial charge in [0.2, 0.25) is 0 Å². The van der Waals surface area contributed by atoms with Crippen molar-refractivity contribution in [3.05, 3.63) is 59.9 Å². The van der Waals surface area contributed by atoms with Crippen LogP contribution < -0.4 is 5.32 Å². The van der Waals surface area contributed by atoms with Crippen LogP contribution in [0, 0.1) is 5.92 Å². The number of H-pyrrole nitrogens is 1. The van der Waals surface area contributed by atoms with Gasteiger partial charge in [-0.25, -0.2) is 0 Å². The first-order chi connectivity index (χ1) is 11.7. The highest BCUT2D eigenvalue weighted by molar-refractivity contribution is 5.92. The largest absolute Gasteiger partial charge is 0.387 e. The van der Waals surface area contributed by atoms with Crippen LogP contribution in [0.3, 0.4) is 0 Å². The molecule has 5 heteroatoms. The van der Waals surface area contributed by atoms with Crippen LogP contribution in [0.25, 0.3) is 0 Å². The maximum atomic E-state index is 11.9. The average Bonchev–Trinajstić information content (AvgIpc) is 3.16. The van der Waals surface area contributed by atoms with Crippen molar-refractivity contribution in [2.75, 3.05) is 26.2 Å². The Morgan fingerprint density at radius 3 is 2.62 bits per heavy atom. The fraction of sp³-hybridized carbons (Fsp3) is 0.421. The van der Waals surface area contributed by atoms with E-state index in [9.17, 15) is 9.90 Å². The summed E-state index contributed by atoms with van der Waals surface area (Å²) in [6.45, 7) is 3.32. The minimum absolute atomic E-state index is 0.0399. The zero-order chi connectivity index (χ0) is 16.8. The van der Waals surface area contributed by atoms with Gasteiger partial charge in [0.1, 0.15) is 5.69 Å². The van der Waals surface area contributed by atoms with Crippen LogP contribution in [0.1, 0.15) is 35.0 Å². The highest BCUT2D eigenvalue weighted by Gasteiger charge is 2.22. The van der Waals surface area contributed by atoms with Gasteiger partial charge in [0.15, 0.2) is 0 Å². The fourth-order valence-corrected chi connectivity index (χ4v) is 3.20. The molecule has 2 heterocycles. The molecule has 2 aromatic rings. The number of β-amino-alcohol motifs (C(OH)–C–C–N with tert-alkyl or cyclic N) is 1. The van der Waals surface area contributed by atoms with Crippen LogP contribution in [0.2, 0.25) is 0 Å². The molecule has 0 aliphatic carbocycles. The van der Waals surface area contributed by atoms with E-state index in [-0.39, 0.29) is 5.91 Å². The van der Waals surface area contributed by atoms with Gasteiger partial charge >= 0.3 is 0 Å². The number of likely N-dealkylation sites (tertiary alicyclic amines) is 1. The maximum absolute atomic E-state index is 11.9. The Bertz CT molecular complexity index is 619. The van der Waals surface area contributed by atoms with Crippen molar-refractivity contribution in [3.8, 4) is 0 Å². The van der Waals surface area contributed by atoms with E-state index in [1.807, 2.05) is 36.4 Å². The molecule has 3 rings (SSSR count). The molecular formula is C19H25N3O2. The molecule has 1 aliphatic rings. The summed E-state index contributed by atoms with van der Waals surface area (Å²) in [6, 6.07) is 13.4. The molecule has 1 unspecified atom stereocenters. The molecule has 1 fully saturated rings. The van der Waals surface area contributed by atoms with Gasteiger partial charge in [0.25, 0.3) is 5.91 Å². The molecule has 0 radical (unpaired) electrons. The summed E-state index contributed by atoms with van der Waals surface area (Å²) in [5.41, 5.74) is 1.58. The van der Waals surface area contributed by atoms with E-state index in [4.69, 9.17) is 0 Å². The third kappa shape index (κ3) is 4.46. The number of aromatic amines is 1. The summed E-state index contributed by atoms with van der Waals surface area (Å²) in [6.07, 6.45) is 3.42. The number of aliphatic hydroxyl groups excluding tert-OH is 1. The number of aliphatic hydroxyl groups is 1. The summed E-state index contributed by atoms with van der Waals surface area (Å²) in [5.74, 6) is 0.468. The molecule has 5 nitrogen and oxygen atoms in total. The summed E-state index contributed by atoms with van der Waals surface area (Å²) in [5, 5.41) is 13.3. The van der Waals surface area contributed by atoms with E-state index in [0.29, 0.717) is 24.7 Å². The molecule has 24 heavy (non-hydrogen) atoms. The first-order valence-corrected chi connectivity index (χ1v) is 8.59. The van der Waals surface area contributed by atoms with Gasteiger partial charge in [-0.2, -0.15) is 0 Å². The van der Waals surface area contributed by atoms with E-state index in [1.54, 1.807) is 12.3 Å². The lowest BCUT2D eigenvalue weighted by Gasteiger charge is -2.33. The number of hydrogen-bond donors (Lipinski definition) is 3. The zero-order valence-corrected chi connectivity index (χ0v) is 13.8. The predicted octanol–water partition coefficient (Wildman–Crippen LogP) is 2.19. The van der Waals surface area contributed by atoms with Gasteiger partial charge in [0.05, 0.1) is 6.10 Å². The van der Waals surface area contributed by atoms with Crippen LogP contribution in [0.4, 0.5) is 0 Å². The van der Waals surface area contributed by atoms with Crippen LogP contribution in [0.15, 0.2) is 48.7 Å². The Labute approximate surface area is 142 Å². The summed E-state index contributed by atoms with van der Waals surface area (Å²) < 4.78 is 0. The molecule has 0 bridgehead atoms. The Kier molecular flexibility index (Phi) is 5.67. The molecule has 1 aromatic heterocycles. The van der Waals surface area contributed by atoms with Crippen molar-refractivity contribution < 1.29 is 9.90 Å². The van der Waals surface area contributed by atoms with Crippen molar-refractivity contribution in [2.24, 2.45) is 5.92 Å². The van der Waals surface area contributed by atoms with Crippen molar-refractivity contribution in [1.29, 1.82) is 0 Å². The molecule has 1 amide bonds. The standard InChI is InChI=1S/C19H25N3O2/c23-18(16-5-2-1-3-6-16)14-22-11-8-15(9-12-22)13-21-19(24)17-7-4-10-20-17/h1-7,10,15,18,20,23H,8-9,11-14H2,(H,21,24). The monoisotopic (exact) mass is 327 g/mol. The summed E-state index contributed by atoms with van der Waals surface area (Å²) in [7, 11) is 0. The predicted molar refractivity (Wildman–Crippen MR) is 93.7 cm³/mol. The lowest BCUT2D eigenvalue weighted by atomic mass is 9.96. The number of rotatable bonds is 6. The Balaban J connectivity index is 1.39. The third-order valence-corrected chi connectivity index (χ3v) is 4.72. The van der Waals surface area contributed by atoms with Gasteiger partial charge in [-0.05, 0) is 49.5 Å². The number of nitrogens with one attached hydrogen (secondary N) is 2. The van der Waals surface area contributed by atoms with E-state index in [1.165, 1.54) is 0 Å². The average molecular weight is 327 g/mol. The van der Waals surface area contributed by atoms with Crippen molar-refractivity contribution in [1.82, 2.24) is 15.2 Å². The van der Waals surface area contributed by atoms with Gasteiger partial charge in [0, 0.05) is 19.3 Å². The number of piperidine rings is 1. The molecule has 128 valence electrons. The first-order valence-electron chi connectivity index (χ1n) is 8.59. The van der Waals surface area contributed by atoms with Crippen molar-refractivity contribution in [2.45, 2.75) is 18.9 Å². The highest BCUT2D eigenvalue weighted by Crippen LogP contribution is 2.20. The van der Waals surface area contributed by atoms with Crippen LogP contribution in [-0.4, -0.2) is 47.1 Å². The summed E-state index contributed by atoms with van der Waals surface area (Å²) in [4.78, 5) is 17.2. The first kappa shape index (κ1) is 16.7. The lowest BCUT2D eigenvalue weighted by Crippen LogP contribution is -2.40. The van der Waals surface area contributed by atoms with Crippen LogP contribution in [0.5, 0.6) is 0 Å². The highest BCUT2D eigenvalue weighted by atomic mass is 16.3. The third-order valence-electron chi connectivity index (χ3n) is 4.72. The molecule has 1 aliphatic heterocycles. The maximum Gasteiger partial charge on any atom is 0.267 e. The zero-order valence-electron chi connectivity index (χ0n) is 13.8. The molecule has 1 saturated heterocycles. The Morgan fingerprint density at radius 2 is 1.96 bits per heavy atom. The van der Waals surface area contributed by atoms with Crippen LogP contribution >= 0.6 is 0 Å². The second-order valence-corrected chi connectivity index (χ2v) is 6.46. The lowest BCUT2D eigenvalue weighted by molar-refractivity contribution is 0.0850. The van der Waals surface area contributed by atoms with Crippen molar-refractivity contribution in [3.63, 3.8) is 0 Å². The number of carbonyl (C=O) groups excluding carboxylic acids is 1. The second kappa shape index (κ2) is 8.13. The second-order valence-electron chi connectivity index (χ2n) is 6.46. The fourth-order valence-electron chi connectivity index (χ4n) is 3.20. The van der Waals surface area contributed by atoms with Crippen molar-refractivity contribution >= 4 is 5.91 Å². The van der Waals surface area contributed by atoms with E-state index in [0.717, 1.165) is 31.5 Å². The number of benzene rings is 1. The molecule has 0 saturated carbocycles. The Hall–Kier alpha value is -2.11. The number of hydrogen-bond acceptors (Lipinski definition) is 3. The minimum atomic E-state index is -0.435. The summed E-state index contributed by atoms with van der Waals surface area (Å²) >= 11 is 0. The number of nitrogens with zero attached hydrogens (tertiary/aromatic N) is 1. The van der Waals surface area contributed by atoms with E-state index in [2.05, 4.69) is 15.2 Å². The molecule has 1 atom stereocenters. The molecule has 1 aromatic carbocycles. The van der Waals surface area contributed by atoms with Gasteiger partial charge in [-0.15, -0.1) is 0 Å². The van der Waals surface area contributed by atoms with Gasteiger partial charge in [-0.3, -0.25) is 4.79 Å². The smallest absolute Gasteiger partial charge is 0.267 e. The number of aromatic nitrogens is 1. The van der Waals surface area contributed by atoms with Gasteiger partial charge in [-0.1, -0.05) is 30.3 Å².